The van der Waals surface area contributed by atoms with Crippen molar-refractivity contribution in [2.45, 2.75) is 31.5 Å². The summed E-state index contributed by atoms with van der Waals surface area (Å²) in [5.41, 5.74) is 5.03. The van der Waals surface area contributed by atoms with Crippen LogP contribution in [0.4, 0.5) is 13.2 Å². The van der Waals surface area contributed by atoms with Crippen LogP contribution in [0, 0.1) is 5.92 Å². The normalized spacial score (nSPS) is 19.8. The lowest BCUT2D eigenvalue weighted by molar-refractivity contribution is -0.176. The fourth-order valence-electron chi connectivity index (χ4n) is 1.65. The van der Waals surface area contributed by atoms with E-state index in [1.807, 2.05) is 0 Å². The summed E-state index contributed by atoms with van der Waals surface area (Å²) in [5.74, 6) is -0.242. The Morgan fingerprint density at radius 1 is 1.47 bits per heavy atom. The van der Waals surface area contributed by atoms with Gasteiger partial charge in [-0.05, 0) is 25.7 Å². The third-order valence-corrected chi connectivity index (χ3v) is 2.83. The van der Waals surface area contributed by atoms with Crippen molar-refractivity contribution in [1.29, 1.82) is 0 Å². The van der Waals surface area contributed by atoms with Crippen molar-refractivity contribution < 1.29 is 22.7 Å². The Labute approximate surface area is 97.7 Å². The lowest BCUT2D eigenvalue weighted by Crippen LogP contribution is -2.54. The topological polar surface area (TPSA) is 64.3 Å². The molecule has 7 heteroatoms. The molecule has 0 aliphatic heterocycles. The molecule has 1 fully saturated rings. The molecule has 17 heavy (non-hydrogen) atoms. The standard InChI is InChI=1S/C10H17F3N2O2/c1-9(5-14,7-2-3-7)15-8(16)4-17-6-10(11,12)13/h7H,2-6,14H2,1H3,(H,15,16). The van der Waals surface area contributed by atoms with E-state index < -0.39 is 30.8 Å². The van der Waals surface area contributed by atoms with Crippen molar-refractivity contribution in [2.24, 2.45) is 11.7 Å². The van der Waals surface area contributed by atoms with Crippen molar-refractivity contribution in [3.8, 4) is 0 Å². The molecule has 0 spiro atoms. The summed E-state index contributed by atoms with van der Waals surface area (Å²) in [6.45, 7) is 0.0556. The van der Waals surface area contributed by atoms with Gasteiger partial charge >= 0.3 is 6.18 Å². The number of hydrogen-bond donors (Lipinski definition) is 2. The summed E-state index contributed by atoms with van der Waals surface area (Å²) in [6, 6.07) is 0. The molecule has 1 atom stereocenters. The van der Waals surface area contributed by atoms with Crippen LogP contribution in [0.25, 0.3) is 0 Å². The van der Waals surface area contributed by atoms with E-state index in [9.17, 15) is 18.0 Å². The number of carbonyl (C=O) groups excluding carboxylic acids is 1. The summed E-state index contributed by atoms with van der Waals surface area (Å²) >= 11 is 0. The highest BCUT2D eigenvalue weighted by Gasteiger charge is 2.41. The Morgan fingerprint density at radius 3 is 2.47 bits per heavy atom. The van der Waals surface area contributed by atoms with Crippen LogP contribution in [0.5, 0.6) is 0 Å². The van der Waals surface area contributed by atoms with Gasteiger partial charge < -0.3 is 15.8 Å². The Hall–Kier alpha value is -0.820. The van der Waals surface area contributed by atoms with Crippen LogP contribution >= 0.6 is 0 Å². The van der Waals surface area contributed by atoms with E-state index in [0.29, 0.717) is 5.92 Å². The van der Waals surface area contributed by atoms with Crippen molar-refractivity contribution >= 4 is 5.91 Å². The Kier molecular flexibility index (Phi) is 4.37. The first kappa shape index (κ1) is 14.2. The number of ether oxygens (including phenoxy) is 1. The number of carbonyl (C=O) groups is 1. The van der Waals surface area contributed by atoms with Crippen molar-refractivity contribution in [2.75, 3.05) is 19.8 Å². The van der Waals surface area contributed by atoms with Gasteiger partial charge in [-0.2, -0.15) is 13.2 Å². The lowest BCUT2D eigenvalue weighted by Gasteiger charge is -2.29. The zero-order valence-electron chi connectivity index (χ0n) is 9.64. The lowest BCUT2D eigenvalue weighted by atomic mass is 9.96. The van der Waals surface area contributed by atoms with E-state index in [2.05, 4.69) is 10.1 Å². The van der Waals surface area contributed by atoms with E-state index in [0.717, 1.165) is 12.8 Å². The van der Waals surface area contributed by atoms with Crippen LogP contribution in [-0.4, -0.2) is 37.4 Å². The molecule has 100 valence electrons. The largest absolute Gasteiger partial charge is 0.411 e. The number of halogens is 3. The maximum Gasteiger partial charge on any atom is 0.411 e. The highest BCUT2D eigenvalue weighted by atomic mass is 19.4. The van der Waals surface area contributed by atoms with Gasteiger partial charge in [0.2, 0.25) is 5.91 Å². The Morgan fingerprint density at radius 2 is 2.06 bits per heavy atom. The molecule has 0 aromatic rings. The highest BCUT2D eigenvalue weighted by molar-refractivity contribution is 5.78. The zero-order chi connectivity index (χ0) is 13.1. The molecule has 1 saturated carbocycles. The van der Waals surface area contributed by atoms with Gasteiger partial charge in [-0.25, -0.2) is 0 Å². The van der Waals surface area contributed by atoms with Gasteiger partial charge in [0.05, 0.1) is 5.54 Å². The first-order valence-corrected chi connectivity index (χ1v) is 5.42. The van der Waals surface area contributed by atoms with Crippen molar-refractivity contribution in [3.63, 3.8) is 0 Å². The van der Waals surface area contributed by atoms with E-state index in [-0.39, 0.29) is 6.54 Å². The predicted octanol–water partition coefficient (Wildman–Crippen LogP) is 0.809. The smallest absolute Gasteiger partial charge is 0.362 e. The molecule has 1 aliphatic carbocycles. The van der Waals surface area contributed by atoms with Gasteiger partial charge in [0.15, 0.2) is 0 Å². The Bertz CT molecular complexity index is 279. The SMILES string of the molecule is CC(CN)(NC(=O)COCC(F)(F)F)C1CC1. The summed E-state index contributed by atoms with van der Waals surface area (Å²) < 4.78 is 39.6. The van der Waals surface area contributed by atoms with E-state index in [4.69, 9.17) is 5.73 Å². The summed E-state index contributed by atoms with van der Waals surface area (Å²) in [6.07, 6.45) is -2.44. The van der Waals surface area contributed by atoms with Gasteiger partial charge in [0.25, 0.3) is 0 Å². The summed E-state index contributed by atoms with van der Waals surface area (Å²) in [7, 11) is 0. The molecule has 0 saturated heterocycles. The maximum atomic E-state index is 11.8. The second-order valence-electron chi connectivity index (χ2n) is 4.55. The van der Waals surface area contributed by atoms with Crippen LogP contribution in [0.1, 0.15) is 19.8 Å². The fraction of sp³-hybridized carbons (Fsp3) is 0.900. The monoisotopic (exact) mass is 254 g/mol. The number of rotatable bonds is 6. The molecular weight excluding hydrogens is 237 g/mol. The molecule has 0 heterocycles. The van der Waals surface area contributed by atoms with Gasteiger partial charge in [0, 0.05) is 6.54 Å². The molecule has 0 aromatic heterocycles. The molecule has 3 N–H and O–H groups in total. The molecular formula is C10H17F3N2O2. The number of alkyl halides is 3. The Balaban J connectivity index is 2.28. The van der Waals surface area contributed by atoms with Crippen LogP contribution < -0.4 is 11.1 Å². The fourth-order valence-corrected chi connectivity index (χ4v) is 1.65. The van der Waals surface area contributed by atoms with E-state index >= 15 is 0 Å². The summed E-state index contributed by atoms with van der Waals surface area (Å²) in [5, 5.41) is 2.63. The first-order chi connectivity index (χ1) is 7.77. The zero-order valence-corrected chi connectivity index (χ0v) is 9.64. The van der Waals surface area contributed by atoms with Crippen LogP contribution in [-0.2, 0) is 9.53 Å². The minimum Gasteiger partial charge on any atom is -0.362 e. The number of amides is 1. The van der Waals surface area contributed by atoms with E-state index in [1.54, 1.807) is 6.92 Å². The third-order valence-electron chi connectivity index (χ3n) is 2.83. The molecule has 1 amide bonds. The minimum absolute atomic E-state index is 0.267. The molecule has 0 radical (unpaired) electrons. The number of hydrogen-bond acceptors (Lipinski definition) is 3. The van der Waals surface area contributed by atoms with Gasteiger partial charge in [-0.15, -0.1) is 0 Å². The summed E-state index contributed by atoms with van der Waals surface area (Å²) in [4.78, 5) is 11.4. The average molecular weight is 254 g/mol. The minimum atomic E-state index is -4.41. The third kappa shape index (κ3) is 4.91. The van der Waals surface area contributed by atoms with E-state index in [1.165, 1.54) is 0 Å². The van der Waals surface area contributed by atoms with Crippen LogP contribution in [0.3, 0.4) is 0 Å². The van der Waals surface area contributed by atoms with Crippen molar-refractivity contribution in [1.82, 2.24) is 5.32 Å². The molecule has 1 unspecified atom stereocenters. The van der Waals surface area contributed by atoms with Gasteiger partial charge in [0.1, 0.15) is 13.2 Å². The van der Waals surface area contributed by atoms with Crippen LogP contribution in [0.15, 0.2) is 0 Å². The van der Waals surface area contributed by atoms with Crippen molar-refractivity contribution in [3.05, 3.63) is 0 Å². The number of nitrogens with two attached hydrogens (primary N) is 1. The molecule has 4 nitrogen and oxygen atoms in total. The molecule has 0 bridgehead atoms. The molecule has 1 rings (SSSR count). The van der Waals surface area contributed by atoms with Gasteiger partial charge in [-0.3, -0.25) is 4.79 Å². The molecule has 0 aromatic carbocycles. The second kappa shape index (κ2) is 5.22. The van der Waals surface area contributed by atoms with Gasteiger partial charge in [-0.1, -0.05) is 0 Å². The second-order valence-corrected chi connectivity index (χ2v) is 4.55. The highest BCUT2D eigenvalue weighted by Crippen LogP contribution is 2.38. The number of nitrogens with one attached hydrogen (secondary N) is 1. The van der Waals surface area contributed by atoms with Crippen LogP contribution in [0.2, 0.25) is 0 Å². The predicted molar refractivity (Wildman–Crippen MR) is 55.2 cm³/mol. The quantitative estimate of drug-likeness (QED) is 0.737. The average Bonchev–Trinajstić information content (AvgIpc) is 2.98. The maximum absolute atomic E-state index is 11.8. The first-order valence-electron chi connectivity index (χ1n) is 5.42. The molecule has 1 aliphatic rings.